The Morgan fingerprint density at radius 1 is 1.71 bits per heavy atom. The van der Waals surface area contributed by atoms with Crippen LogP contribution in [0.5, 0.6) is 0 Å². The van der Waals surface area contributed by atoms with E-state index in [1.165, 1.54) is 11.3 Å². The number of carbonyl (C=O) groups excluding carboxylic acids is 1. The average molecular weight is 251 g/mol. The molecule has 0 aliphatic carbocycles. The first-order chi connectivity index (χ1) is 8.16. The van der Waals surface area contributed by atoms with Gasteiger partial charge in [0.2, 0.25) is 0 Å². The van der Waals surface area contributed by atoms with Crippen LogP contribution in [-0.2, 0) is 6.54 Å². The molecule has 2 heterocycles. The lowest BCUT2D eigenvalue weighted by Crippen LogP contribution is -2.23. The highest BCUT2D eigenvalue weighted by Gasteiger charge is 2.12. The molecule has 0 fully saturated rings. The van der Waals surface area contributed by atoms with Crippen molar-refractivity contribution in [1.82, 2.24) is 20.5 Å². The molecule has 2 rings (SSSR count). The second kappa shape index (κ2) is 5.07. The maximum atomic E-state index is 11.7. The highest BCUT2D eigenvalue weighted by Crippen LogP contribution is 2.15. The van der Waals surface area contributed by atoms with Crippen LogP contribution in [0.3, 0.4) is 0 Å². The third kappa shape index (κ3) is 2.89. The molecular formula is C10H13N5OS. The van der Waals surface area contributed by atoms with Crippen molar-refractivity contribution in [3.63, 3.8) is 0 Å². The lowest BCUT2D eigenvalue weighted by atomic mass is 10.3. The van der Waals surface area contributed by atoms with Gasteiger partial charge >= 0.3 is 0 Å². The zero-order valence-electron chi connectivity index (χ0n) is 9.30. The molecule has 0 spiro atoms. The normalized spacial score (nSPS) is 12.4. The molecule has 1 amide bonds. The first-order valence-electron chi connectivity index (χ1n) is 5.14. The van der Waals surface area contributed by atoms with Gasteiger partial charge in [0.25, 0.3) is 5.91 Å². The zero-order valence-corrected chi connectivity index (χ0v) is 10.1. The molecule has 6 nitrogen and oxygen atoms in total. The first-order valence-corrected chi connectivity index (χ1v) is 6.02. The van der Waals surface area contributed by atoms with Crippen molar-refractivity contribution >= 4 is 17.2 Å². The molecule has 0 saturated heterocycles. The zero-order chi connectivity index (χ0) is 12.3. The number of H-pyrrole nitrogens is 1. The minimum atomic E-state index is -0.206. The molecule has 90 valence electrons. The fourth-order valence-corrected chi connectivity index (χ4v) is 2.01. The highest BCUT2D eigenvalue weighted by atomic mass is 32.1. The van der Waals surface area contributed by atoms with Crippen molar-refractivity contribution in [3.8, 4) is 0 Å². The average Bonchev–Trinajstić information content (AvgIpc) is 2.96. The van der Waals surface area contributed by atoms with Gasteiger partial charge in [-0.3, -0.25) is 9.89 Å². The van der Waals surface area contributed by atoms with E-state index >= 15 is 0 Å². The van der Waals surface area contributed by atoms with E-state index in [9.17, 15) is 4.79 Å². The van der Waals surface area contributed by atoms with E-state index in [1.54, 1.807) is 17.6 Å². The Bertz CT molecular complexity index is 491. The molecule has 2 aromatic heterocycles. The molecule has 1 atom stereocenters. The number of amides is 1. The molecule has 0 bridgehead atoms. The Morgan fingerprint density at radius 2 is 2.53 bits per heavy atom. The molecule has 17 heavy (non-hydrogen) atoms. The fraction of sp³-hybridized carbons (Fsp3) is 0.300. The third-order valence-electron chi connectivity index (χ3n) is 2.14. The maximum Gasteiger partial charge on any atom is 0.271 e. The lowest BCUT2D eigenvalue weighted by Gasteiger charge is -2.00. The summed E-state index contributed by atoms with van der Waals surface area (Å²) in [6, 6.07) is 1.66. The van der Waals surface area contributed by atoms with E-state index in [4.69, 9.17) is 5.73 Å². The van der Waals surface area contributed by atoms with Crippen LogP contribution in [0.25, 0.3) is 0 Å². The standard InChI is InChI=1S/C10H13N5OS/c1-6(11)10-14-8(5-17-10)9(16)12-4-7-2-3-13-15-7/h2-3,5-6H,4,11H2,1H3,(H,12,16)(H,13,15). The summed E-state index contributed by atoms with van der Waals surface area (Å²) in [6.07, 6.45) is 1.64. The number of aromatic nitrogens is 3. The van der Waals surface area contributed by atoms with Crippen LogP contribution in [0.4, 0.5) is 0 Å². The first kappa shape index (κ1) is 11.7. The monoisotopic (exact) mass is 251 g/mol. The number of nitrogens with two attached hydrogens (primary N) is 1. The Hall–Kier alpha value is -1.73. The van der Waals surface area contributed by atoms with Crippen molar-refractivity contribution < 1.29 is 4.79 Å². The summed E-state index contributed by atoms with van der Waals surface area (Å²) >= 11 is 1.39. The number of thiazole rings is 1. The highest BCUT2D eigenvalue weighted by molar-refractivity contribution is 7.09. The van der Waals surface area contributed by atoms with Gasteiger partial charge in [-0.2, -0.15) is 5.10 Å². The van der Waals surface area contributed by atoms with Crippen LogP contribution < -0.4 is 11.1 Å². The second-order valence-electron chi connectivity index (χ2n) is 3.62. The maximum absolute atomic E-state index is 11.7. The van der Waals surface area contributed by atoms with E-state index in [0.717, 1.165) is 10.7 Å². The summed E-state index contributed by atoms with van der Waals surface area (Å²) in [5.74, 6) is -0.206. The fourth-order valence-electron chi connectivity index (χ4n) is 1.25. The molecule has 7 heteroatoms. The number of nitrogens with zero attached hydrogens (tertiary/aromatic N) is 2. The largest absolute Gasteiger partial charge is 0.345 e. The molecule has 2 aromatic rings. The number of hydrogen-bond acceptors (Lipinski definition) is 5. The van der Waals surface area contributed by atoms with Crippen LogP contribution in [-0.4, -0.2) is 21.1 Å². The van der Waals surface area contributed by atoms with Crippen LogP contribution in [0.2, 0.25) is 0 Å². The quantitative estimate of drug-likeness (QED) is 0.749. The van der Waals surface area contributed by atoms with Crippen LogP contribution in [0.1, 0.15) is 34.2 Å². The van der Waals surface area contributed by atoms with Gasteiger partial charge in [-0.1, -0.05) is 0 Å². The van der Waals surface area contributed by atoms with Gasteiger partial charge in [-0.15, -0.1) is 11.3 Å². The van der Waals surface area contributed by atoms with Crippen molar-refractivity contribution in [1.29, 1.82) is 0 Å². The van der Waals surface area contributed by atoms with E-state index in [2.05, 4.69) is 20.5 Å². The Balaban J connectivity index is 1.95. The van der Waals surface area contributed by atoms with Crippen molar-refractivity contribution in [2.24, 2.45) is 5.73 Å². The van der Waals surface area contributed by atoms with Gasteiger partial charge in [-0.05, 0) is 13.0 Å². The summed E-state index contributed by atoms with van der Waals surface area (Å²) in [5.41, 5.74) is 6.93. The molecule has 1 unspecified atom stereocenters. The topological polar surface area (TPSA) is 96.7 Å². The Morgan fingerprint density at radius 3 is 3.12 bits per heavy atom. The number of carbonyl (C=O) groups is 1. The van der Waals surface area contributed by atoms with Crippen LogP contribution in [0.15, 0.2) is 17.6 Å². The van der Waals surface area contributed by atoms with E-state index in [-0.39, 0.29) is 11.9 Å². The summed E-state index contributed by atoms with van der Waals surface area (Å²) in [6.45, 7) is 2.25. The molecule has 4 N–H and O–H groups in total. The van der Waals surface area contributed by atoms with E-state index in [0.29, 0.717) is 12.2 Å². The molecule has 0 aromatic carbocycles. The predicted molar refractivity (Wildman–Crippen MR) is 64.5 cm³/mol. The third-order valence-corrected chi connectivity index (χ3v) is 3.19. The Kier molecular flexibility index (Phi) is 3.50. The van der Waals surface area contributed by atoms with Gasteiger partial charge in [0.15, 0.2) is 0 Å². The van der Waals surface area contributed by atoms with E-state index in [1.807, 2.05) is 6.92 Å². The molecular weight excluding hydrogens is 238 g/mol. The number of hydrogen-bond donors (Lipinski definition) is 3. The number of aromatic amines is 1. The molecule has 0 radical (unpaired) electrons. The number of nitrogens with one attached hydrogen (secondary N) is 2. The predicted octanol–water partition coefficient (Wildman–Crippen LogP) is 0.816. The number of rotatable bonds is 4. The summed E-state index contributed by atoms with van der Waals surface area (Å²) in [7, 11) is 0. The van der Waals surface area contributed by atoms with Crippen molar-refractivity contribution in [2.75, 3.05) is 0 Å². The van der Waals surface area contributed by atoms with Gasteiger partial charge < -0.3 is 11.1 Å². The van der Waals surface area contributed by atoms with Gasteiger partial charge in [0.1, 0.15) is 10.7 Å². The van der Waals surface area contributed by atoms with Crippen LogP contribution >= 0.6 is 11.3 Å². The van der Waals surface area contributed by atoms with E-state index < -0.39 is 0 Å². The lowest BCUT2D eigenvalue weighted by molar-refractivity contribution is 0.0946. The van der Waals surface area contributed by atoms with Crippen molar-refractivity contribution in [2.45, 2.75) is 19.5 Å². The van der Waals surface area contributed by atoms with Crippen molar-refractivity contribution in [3.05, 3.63) is 34.0 Å². The van der Waals surface area contributed by atoms with Gasteiger partial charge in [-0.25, -0.2) is 4.98 Å². The van der Waals surface area contributed by atoms with Crippen LogP contribution in [0, 0.1) is 0 Å². The van der Waals surface area contributed by atoms with Gasteiger partial charge in [0.05, 0.1) is 18.3 Å². The summed E-state index contributed by atoms with van der Waals surface area (Å²) < 4.78 is 0. The summed E-state index contributed by atoms with van der Waals surface area (Å²) in [5, 5.41) is 11.8. The summed E-state index contributed by atoms with van der Waals surface area (Å²) in [4.78, 5) is 15.9. The molecule has 0 saturated carbocycles. The SMILES string of the molecule is CC(N)c1nc(C(=O)NCc2ccn[nH]2)cs1. The minimum Gasteiger partial charge on any atom is -0.345 e. The molecule has 0 aliphatic heterocycles. The smallest absolute Gasteiger partial charge is 0.271 e. The minimum absolute atomic E-state index is 0.144. The second-order valence-corrected chi connectivity index (χ2v) is 4.51. The molecule has 0 aliphatic rings. The Labute approximate surface area is 102 Å². The van der Waals surface area contributed by atoms with Gasteiger partial charge in [0, 0.05) is 11.6 Å².